The number of rotatable bonds is 6. The van der Waals surface area contributed by atoms with E-state index in [0.717, 1.165) is 5.69 Å². The fourth-order valence-electron chi connectivity index (χ4n) is 2.09. The lowest BCUT2D eigenvalue weighted by Gasteiger charge is -2.22. The quantitative estimate of drug-likeness (QED) is 0.799. The van der Waals surface area contributed by atoms with E-state index in [9.17, 15) is 0 Å². The van der Waals surface area contributed by atoms with Gasteiger partial charge in [-0.2, -0.15) is 10.1 Å². The summed E-state index contributed by atoms with van der Waals surface area (Å²) in [6, 6.07) is 8.16. The first-order valence-corrected chi connectivity index (χ1v) is 7.30. The number of aromatic nitrogens is 3. The summed E-state index contributed by atoms with van der Waals surface area (Å²) in [4.78, 5) is 4.41. The van der Waals surface area contributed by atoms with E-state index in [1.165, 1.54) is 5.56 Å². The summed E-state index contributed by atoms with van der Waals surface area (Å²) in [5, 5.41) is 14.4. The van der Waals surface area contributed by atoms with Gasteiger partial charge in [-0.05, 0) is 17.0 Å². The molecule has 6 heteroatoms. The van der Waals surface area contributed by atoms with Gasteiger partial charge in [-0.1, -0.05) is 39.0 Å². The van der Waals surface area contributed by atoms with Gasteiger partial charge in [0.05, 0.1) is 12.8 Å². The van der Waals surface area contributed by atoms with Crippen molar-refractivity contribution in [3.05, 3.63) is 36.0 Å². The highest BCUT2D eigenvalue weighted by Crippen LogP contribution is 2.30. The smallest absolute Gasteiger partial charge is 0.249 e. The Morgan fingerprint density at radius 1 is 1.18 bits per heavy atom. The Labute approximate surface area is 131 Å². The lowest BCUT2D eigenvalue weighted by molar-refractivity contribution is 0.210. The molecule has 0 saturated carbocycles. The Bertz CT molecular complexity index is 609. The molecule has 1 aromatic heterocycles. The number of hydrogen-bond acceptors (Lipinski definition) is 6. The molecule has 2 aromatic rings. The van der Waals surface area contributed by atoms with Crippen molar-refractivity contribution in [2.45, 2.75) is 26.2 Å². The number of nitrogens with zero attached hydrogens (tertiary/aromatic N) is 3. The highest BCUT2D eigenvalue weighted by Gasteiger charge is 2.17. The molecular weight excluding hydrogens is 278 g/mol. The number of para-hydroxylation sites is 1. The molecule has 0 aliphatic heterocycles. The monoisotopic (exact) mass is 301 g/mol. The van der Waals surface area contributed by atoms with Crippen LogP contribution in [0.5, 0.6) is 0 Å². The van der Waals surface area contributed by atoms with Gasteiger partial charge in [0.25, 0.3) is 0 Å². The molecule has 0 aliphatic carbocycles. The minimum atomic E-state index is 0.0331. The maximum absolute atomic E-state index is 5.00. The first-order chi connectivity index (χ1) is 10.5. The highest BCUT2D eigenvalue weighted by molar-refractivity contribution is 5.60. The molecule has 0 spiro atoms. The molecule has 2 N–H and O–H groups in total. The van der Waals surface area contributed by atoms with Crippen molar-refractivity contribution in [2.24, 2.45) is 0 Å². The molecular formula is C16H23N5O. The van der Waals surface area contributed by atoms with Gasteiger partial charge in [0.1, 0.15) is 0 Å². The molecule has 1 heterocycles. The molecule has 0 unspecified atom stereocenters. The maximum atomic E-state index is 5.00. The molecule has 22 heavy (non-hydrogen) atoms. The fourth-order valence-corrected chi connectivity index (χ4v) is 2.09. The van der Waals surface area contributed by atoms with E-state index in [-0.39, 0.29) is 5.41 Å². The van der Waals surface area contributed by atoms with E-state index in [4.69, 9.17) is 4.74 Å². The van der Waals surface area contributed by atoms with E-state index in [2.05, 4.69) is 52.7 Å². The number of nitrogens with one attached hydrogen (secondary N) is 2. The Balaban J connectivity index is 2.16. The number of benzene rings is 1. The van der Waals surface area contributed by atoms with Crippen LogP contribution in [0.15, 0.2) is 30.5 Å². The van der Waals surface area contributed by atoms with E-state index in [1.54, 1.807) is 13.3 Å². The molecule has 118 valence electrons. The van der Waals surface area contributed by atoms with Crippen LogP contribution in [-0.4, -0.2) is 35.4 Å². The zero-order valence-corrected chi connectivity index (χ0v) is 13.6. The predicted molar refractivity (Wildman–Crippen MR) is 88.6 cm³/mol. The van der Waals surface area contributed by atoms with Crippen LogP contribution in [0.1, 0.15) is 26.3 Å². The van der Waals surface area contributed by atoms with E-state index < -0.39 is 0 Å². The SMILES string of the molecule is COCCNc1cnnc(Nc2ccccc2C(C)(C)C)n1. The molecule has 6 nitrogen and oxygen atoms in total. The lowest BCUT2D eigenvalue weighted by atomic mass is 9.86. The largest absolute Gasteiger partial charge is 0.383 e. The second-order valence-electron chi connectivity index (χ2n) is 6.01. The summed E-state index contributed by atoms with van der Waals surface area (Å²) in [7, 11) is 1.66. The van der Waals surface area contributed by atoms with Crippen LogP contribution in [0.25, 0.3) is 0 Å². The van der Waals surface area contributed by atoms with Gasteiger partial charge in [0.2, 0.25) is 5.95 Å². The van der Waals surface area contributed by atoms with Crippen LogP contribution >= 0.6 is 0 Å². The maximum Gasteiger partial charge on any atom is 0.249 e. The molecule has 0 radical (unpaired) electrons. The number of hydrogen-bond donors (Lipinski definition) is 2. The van der Waals surface area contributed by atoms with Crippen LogP contribution in [0.2, 0.25) is 0 Å². The van der Waals surface area contributed by atoms with Gasteiger partial charge >= 0.3 is 0 Å². The van der Waals surface area contributed by atoms with Crippen molar-refractivity contribution in [1.82, 2.24) is 15.2 Å². The van der Waals surface area contributed by atoms with Crippen molar-refractivity contribution >= 4 is 17.5 Å². The topological polar surface area (TPSA) is 72.0 Å². The zero-order chi connectivity index (χ0) is 16.0. The van der Waals surface area contributed by atoms with Gasteiger partial charge in [-0.3, -0.25) is 0 Å². The Morgan fingerprint density at radius 3 is 2.68 bits per heavy atom. The van der Waals surface area contributed by atoms with Crippen molar-refractivity contribution in [3.8, 4) is 0 Å². The Morgan fingerprint density at radius 2 is 1.95 bits per heavy atom. The average Bonchev–Trinajstić information content (AvgIpc) is 2.47. The van der Waals surface area contributed by atoms with Crippen molar-refractivity contribution in [1.29, 1.82) is 0 Å². The zero-order valence-electron chi connectivity index (χ0n) is 13.6. The normalized spacial score (nSPS) is 11.3. The van der Waals surface area contributed by atoms with Gasteiger partial charge in [0, 0.05) is 19.3 Å². The first kappa shape index (κ1) is 16.2. The third-order valence-corrected chi connectivity index (χ3v) is 3.15. The van der Waals surface area contributed by atoms with Gasteiger partial charge in [-0.15, -0.1) is 5.10 Å². The molecule has 0 saturated heterocycles. The van der Waals surface area contributed by atoms with Gasteiger partial charge < -0.3 is 15.4 Å². The van der Waals surface area contributed by atoms with Crippen LogP contribution in [-0.2, 0) is 10.2 Å². The van der Waals surface area contributed by atoms with E-state index >= 15 is 0 Å². The molecule has 0 amide bonds. The molecule has 0 atom stereocenters. The van der Waals surface area contributed by atoms with Crippen molar-refractivity contribution in [2.75, 3.05) is 30.9 Å². The molecule has 0 fully saturated rings. The standard InChI is InChI=1S/C16H23N5O/c1-16(2,3)12-7-5-6-8-13(12)19-15-20-14(11-18-21-15)17-9-10-22-4/h5-8,11H,9-10H2,1-4H3,(H2,17,19,20,21). The minimum Gasteiger partial charge on any atom is -0.383 e. The summed E-state index contributed by atoms with van der Waals surface area (Å²) in [5.74, 6) is 1.14. The van der Waals surface area contributed by atoms with Crippen LogP contribution in [0.4, 0.5) is 17.5 Å². The average molecular weight is 301 g/mol. The first-order valence-electron chi connectivity index (χ1n) is 7.30. The van der Waals surface area contributed by atoms with Gasteiger partial charge in [0.15, 0.2) is 5.82 Å². The number of anilines is 3. The van der Waals surface area contributed by atoms with Crippen LogP contribution in [0, 0.1) is 0 Å². The van der Waals surface area contributed by atoms with Gasteiger partial charge in [-0.25, -0.2) is 0 Å². The number of ether oxygens (including phenoxy) is 1. The van der Waals surface area contributed by atoms with Crippen LogP contribution < -0.4 is 10.6 Å². The predicted octanol–water partition coefficient (Wildman–Crippen LogP) is 2.97. The third kappa shape index (κ3) is 4.39. The van der Waals surface area contributed by atoms with Crippen molar-refractivity contribution in [3.63, 3.8) is 0 Å². The Kier molecular flexibility index (Phi) is 5.27. The minimum absolute atomic E-state index is 0.0331. The summed E-state index contributed by atoms with van der Waals surface area (Å²) in [6.07, 6.45) is 1.59. The summed E-state index contributed by atoms with van der Waals surface area (Å²) in [5.41, 5.74) is 2.23. The summed E-state index contributed by atoms with van der Waals surface area (Å²) >= 11 is 0. The second kappa shape index (κ2) is 7.17. The fraction of sp³-hybridized carbons (Fsp3) is 0.438. The molecule has 2 rings (SSSR count). The Hall–Kier alpha value is -2.21. The lowest BCUT2D eigenvalue weighted by Crippen LogP contribution is -2.14. The summed E-state index contributed by atoms with van der Waals surface area (Å²) in [6.45, 7) is 7.81. The number of methoxy groups -OCH3 is 1. The highest BCUT2D eigenvalue weighted by atomic mass is 16.5. The van der Waals surface area contributed by atoms with E-state index in [1.807, 2.05) is 18.2 Å². The van der Waals surface area contributed by atoms with Crippen molar-refractivity contribution < 1.29 is 4.74 Å². The molecule has 1 aromatic carbocycles. The summed E-state index contributed by atoms with van der Waals surface area (Å²) < 4.78 is 5.00. The second-order valence-corrected chi connectivity index (χ2v) is 6.01. The third-order valence-electron chi connectivity index (χ3n) is 3.15. The molecule has 0 bridgehead atoms. The van der Waals surface area contributed by atoms with Crippen LogP contribution in [0.3, 0.4) is 0 Å². The van der Waals surface area contributed by atoms with E-state index in [0.29, 0.717) is 24.9 Å². The molecule has 0 aliphatic rings.